The number of hydrogen-bond acceptors (Lipinski definition) is 3. The monoisotopic (exact) mass is 361 g/mol. The van der Waals surface area contributed by atoms with Gasteiger partial charge in [0.1, 0.15) is 0 Å². The molecule has 4 rings (SSSR count). The normalized spacial score (nSPS) is 25.3. The summed E-state index contributed by atoms with van der Waals surface area (Å²) in [4.78, 5) is 14.2. The van der Waals surface area contributed by atoms with Crippen molar-refractivity contribution in [2.45, 2.75) is 24.9 Å². The smallest absolute Gasteiger partial charge is 0.337 e. The zero-order valence-corrected chi connectivity index (χ0v) is 14.0. The molecule has 2 atom stereocenters. The van der Waals surface area contributed by atoms with Crippen LogP contribution >= 0.6 is 0 Å². The van der Waals surface area contributed by atoms with E-state index in [9.17, 15) is 18.0 Å². The topological polar surface area (TPSA) is 46.1 Å². The number of benzene rings is 1. The largest absolute Gasteiger partial charge is 0.416 e. The summed E-state index contributed by atoms with van der Waals surface area (Å²) in [6, 6.07) is 9.16. The molecule has 2 heterocycles. The number of likely N-dealkylation sites (tertiary alicyclic amines) is 1. The van der Waals surface area contributed by atoms with Crippen molar-refractivity contribution in [1.29, 1.82) is 0 Å². The molecule has 2 aliphatic rings. The Bertz CT molecular complexity index is 795. The minimum atomic E-state index is -4.33. The zero-order valence-electron chi connectivity index (χ0n) is 14.0. The fourth-order valence-corrected chi connectivity index (χ4v) is 4.41. The van der Waals surface area contributed by atoms with Crippen LogP contribution in [-0.4, -0.2) is 34.1 Å². The lowest BCUT2D eigenvalue weighted by Gasteiger charge is -2.21. The third-order valence-electron chi connectivity index (χ3n) is 5.54. The molecule has 26 heavy (non-hydrogen) atoms. The highest BCUT2D eigenvalue weighted by Gasteiger charge is 2.45. The summed E-state index contributed by atoms with van der Waals surface area (Å²) < 4.78 is 39.8. The molecule has 1 aliphatic heterocycles. The van der Waals surface area contributed by atoms with Crippen LogP contribution < -0.4 is 0 Å². The van der Waals surface area contributed by atoms with Gasteiger partial charge in [-0.1, -0.05) is 18.2 Å². The minimum Gasteiger partial charge on any atom is -0.337 e. The molecule has 4 nitrogen and oxygen atoms in total. The van der Waals surface area contributed by atoms with Gasteiger partial charge >= 0.3 is 6.18 Å². The lowest BCUT2D eigenvalue weighted by atomic mass is 9.91. The summed E-state index contributed by atoms with van der Waals surface area (Å²) in [5.41, 5.74) is 0.171. The second-order valence-electron chi connectivity index (χ2n) is 7.09. The Morgan fingerprint density at radius 1 is 1.04 bits per heavy atom. The van der Waals surface area contributed by atoms with Crippen LogP contribution in [0.2, 0.25) is 0 Å². The van der Waals surface area contributed by atoms with E-state index in [1.165, 1.54) is 12.3 Å². The van der Waals surface area contributed by atoms with Gasteiger partial charge in [-0.05, 0) is 54.4 Å². The summed E-state index contributed by atoms with van der Waals surface area (Å²) in [6.45, 7) is 1.15. The third kappa shape index (κ3) is 3.06. The third-order valence-corrected chi connectivity index (χ3v) is 5.54. The van der Waals surface area contributed by atoms with Crippen LogP contribution in [0, 0.1) is 11.8 Å². The summed E-state index contributed by atoms with van der Waals surface area (Å²) in [5, 5.41) is 7.58. The molecule has 0 N–H and O–H groups in total. The number of halogens is 3. The molecule has 1 saturated carbocycles. The van der Waals surface area contributed by atoms with Crippen LogP contribution in [0.4, 0.5) is 13.2 Å². The SMILES string of the molecule is O=C(c1cccnn1)N1CC2CC(c3ccccc3C(F)(F)F)CC2C1. The quantitative estimate of drug-likeness (QED) is 0.818. The van der Waals surface area contributed by atoms with E-state index in [2.05, 4.69) is 10.2 Å². The predicted molar refractivity (Wildman–Crippen MR) is 88.3 cm³/mol. The molecule has 0 spiro atoms. The van der Waals surface area contributed by atoms with Gasteiger partial charge in [0.2, 0.25) is 0 Å². The number of alkyl halides is 3. The van der Waals surface area contributed by atoms with E-state index in [1.54, 1.807) is 29.2 Å². The van der Waals surface area contributed by atoms with Crippen LogP contribution in [0.5, 0.6) is 0 Å². The number of rotatable bonds is 2. The maximum absolute atomic E-state index is 13.3. The van der Waals surface area contributed by atoms with Gasteiger partial charge in [0, 0.05) is 19.3 Å². The van der Waals surface area contributed by atoms with Crippen molar-refractivity contribution in [3.05, 3.63) is 59.4 Å². The molecule has 0 radical (unpaired) electrons. The van der Waals surface area contributed by atoms with Crippen molar-refractivity contribution >= 4 is 5.91 Å². The number of carbonyl (C=O) groups is 1. The number of nitrogens with zero attached hydrogens (tertiary/aromatic N) is 3. The Labute approximate surface area is 149 Å². The van der Waals surface area contributed by atoms with Crippen LogP contribution in [0.15, 0.2) is 42.6 Å². The van der Waals surface area contributed by atoms with Gasteiger partial charge < -0.3 is 4.90 Å². The molecule has 2 unspecified atom stereocenters. The lowest BCUT2D eigenvalue weighted by molar-refractivity contribution is -0.138. The molecule has 136 valence electrons. The second-order valence-corrected chi connectivity index (χ2v) is 7.09. The fourth-order valence-electron chi connectivity index (χ4n) is 4.41. The van der Waals surface area contributed by atoms with Crippen molar-refractivity contribution in [2.75, 3.05) is 13.1 Å². The molecule has 1 aromatic heterocycles. The van der Waals surface area contributed by atoms with Crippen molar-refractivity contribution in [3.63, 3.8) is 0 Å². The van der Waals surface area contributed by atoms with Crippen LogP contribution in [0.25, 0.3) is 0 Å². The molecule has 1 aliphatic carbocycles. The Balaban J connectivity index is 1.47. The first-order valence-electron chi connectivity index (χ1n) is 8.66. The lowest BCUT2D eigenvalue weighted by Crippen LogP contribution is -2.30. The van der Waals surface area contributed by atoms with Gasteiger partial charge in [0.15, 0.2) is 5.69 Å². The van der Waals surface area contributed by atoms with Crippen LogP contribution in [0.1, 0.15) is 40.4 Å². The minimum absolute atomic E-state index is 0.100. The molecule has 1 amide bonds. The van der Waals surface area contributed by atoms with Crippen molar-refractivity contribution < 1.29 is 18.0 Å². The molecule has 1 saturated heterocycles. The summed E-state index contributed by atoms with van der Waals surface area (Å²) in [6.07, 6.45) is -1.45. The van der Waals surface area contributed by atoms with E-state index >= 15 is 0 Å². The number of aromatic nitrogens is 2. The number of amides is 1. The molecular weight excluding hydrogens is 343 g/mol. The zero-order chi connectivity index (χ0) is 18.3. The van der Waals surface area contributed by atoms with Gasteiger partial charge in [-0.2, -0.15) is 18.3 Å². The second kappa shape index (κ2) is 6.37. The van der Waals surface area contributed by atoms with E-state index in [1.807, 2.05) is 0 Å². The van der Waals surface area contributed by atoms with Crippen LogP contribution in [0.3, 0.4) is 0 Å². The first kappa shape index (κ1) is 17.0. The molecule has 7 heteroatoms. The highest BCUT2D eigenvalue weighted by atomic mass is 19.4. The van der Waals surface area contributed by atoms with Gasteiger partial charge in [-0.3, -0.25) is 4.79 Å². The van der Waals surface area contributed by atoms with E-state index in [0.717, 1.165) is 6.07 Å². The Morgan fingerprint density at radius 2 is 1.73 bits per heavy atom. The number of fused-ring (bicyclic) bond motifs is 1. The first-order chi connectivity index (χ1) is 12.4. The number of carbonyl (C=O) groups excluding carboxylic acids is 1. The van der Waals surface area contributed by atoms with E-state index in [-0.39, 0.29) is 23.7 Å². The van der Waals surface area contributed by atoms with Crippen molar-refractivity contribution in [3.8, 4) is 0 Å². The van der Waals surface area contributed by atoms with E-state index in [0.29, 0.717) is 37.2 Å². The Kier molecular flexibility index (Phi) is 4.17. The molecule has 0 bridgehead atoms. The molecule has 2 fully saturated rings. The fraction of sp³-hybridized carbons (Fsp3) is 0.421. The maximum atomic E-state index is 13.3. The van der Waals surface area contributed by atoms with Gasteiger partial charge in [-0.15, -0.1) is 5.10 Å². The van der Waals surface area contributed by atoms with E-state index < -0.39 is 11.7 Å². The summed E-state index contributed by atoms with van der Waals surface area (Å²) >= 11 is 0. The van der Waals surface area contributed by atoms with Gasteiger partial charge in [0.25, 0.3) is 5.91 Å². The van der Waals surface area contributed by atoms with E-state index in [4.69, 9.17) is 0 Å². The molecule has 2 aromatic rings. The summed E-state index contributed by atoms with van der Waals surface area (Å²) in [5.74, 6) is 0.222. The van der Waals surface area contributed by atoms with Crippen molar-refractivity contribution in [2.24, 2.45) is 11.8 Å². The maximum Gasteiger partial charge on any atom is 0.416 e. The molecule has 1 aromatic carbocycles. The number of hydrogen-bond donors (Lipinski definition) is 0. The Hall–Kier alpha value is -2.44. The highest BCUT2D eigenvalue weighted by Crippen LogP contribution is 2.48. The average molecular weight is 361 g/mol. The first-order valence-corrected chi connectivity index (χ1v) is 8.66. The van der Waals surface area contributed by atoms with Gasteiger partial charge in [0.05, 0.1) is 5.56 Å². The molecular formula is C19H18F3N3O. The predicted octanol–water partition coefficient (Wildman–Crippen LogP) is 3.76. The average Bonchev–Trinajstić information content (AvgIpc) is 3.20. The van der Waals surface area contributed by atoms with Crippen molar-refractivity contribution in [1.82, 2.24) is 15.1 Å². The Morgan fingerprint density at radius 3 is 2.35 bits per heavy atom. The highest BCUT2D eigenvalue weighted by molar-refractivity contribution is 5.92. The van der Waals surface area contributed by atoms with Gasteiger partial charge in [-0.25, -0.2) is 0 Å². The summed E-state index contributed by atoms with van der Waals surface area (Å²) in [7, 11) is 0. The standard InChI is InChI=1S/C19H18F3N3O/c20-19(21,22)16-5-2-1-4-15(16)12-8-13-10-25(11-14(13)9-12)18(26)17-6-3-7-23-24-17/h1-7,12-14H,8-11H2. The van der Waals surface area contributed by atoms with Crippen LogP contribution in [-0.2, 0) is 6.18 Å².